The number of anilines is 2. The maximum absolute atomic E-state index is 4.55. The van der Waals surface area contributed by atoms with Crippen molar-refractivity contribution in [1.29, 1.82) is 0 Å². The summed E-state index contributed by atoms with van der Waals surface area (Å²) in [7, 11) is 1.90. The molecule has 1 saturated carbocycles. The minimum atomic E-state index is 0.567. The van der Waals surface area contributed by atoms with E-state index in [1.165, 1.54) is 38.5 Å². The summed E-state index contributed by atoms with van der Waals surface area (Å²) >= 11 is 1.58. The van der Waals surface area contributed by atoms with Gasteiger partial charge in [-0.1, -0.05) is 31.5 Å². The SMILES string of the molecule is CCCC1CCC(Nc2cc(NC)nc(SC)n2)CC1. The molecule has 0 unspecified atom stereocenters. The van der Waals surface area contributed by atoms with E-state index in [0.717, 1.165) is 22.7 Å². The Balaban J connectivity index is 1.93. The summed E-state index contributed by atoms with van der Waals surface area (Å²) in [5.74, 6) is 2.78. The molecule has 0 saturated heterocycles. The number of hydrogen-bond acceptors (Lipinski definition) is 5. The van der Waals surface area contributed by atoms with E-state index < -0.39 is 0 Å². The maximum atomic E-state index is 4.55. The second-order valence-electron chi connectivity index (χ2n) is 5.53. The van der Waals surface area contributed by atoms with Gasteiger partial charge in [0.25, 0.3) is 0 Å². The minimum absolute atomic E-state index is 0.567. The normalized spacial score (nSPS) is 22.6. The van der Waals surface area contributed by atoms with Crippen molar-refractivity contribution in [2.45, 2.75) is 56.6 Å². The summed E-state index contributed by atoms with van der Waals surface area (Å²) in [4.78, 5) is 8.95. The molecule has 1 aromatic rings. The van der Waals surface area contributed by atoms with Crippen LogP contribution in [0.25, 0.3) is 0 Å². The summed E-state index contributed by atoms with van der Waals surface area (Å²) in [5.41, 5.74) is 0. The molecule has 0 aliphatic heterocycles. The summed E-state index contributed by atoms with van der Waals surface area (Å²) in [6, 6.07) is 2.56. The van der Waals surface area contributed by atoms with Gasteiger partial charge >= 0.3 is 0 Å². The van der Waals surface area contributed by atoms with Gasteiger partial charge in [0.05, 0.1) is 0 Å². The Labute approximate surface area is 126 Å². The first-order valence-electron chi connectivity index (χ1n) is 7.62. The topological polar surface area (TPSA) is 49.8 Å². The van der Waals surface area contributed by atoms with E-state index in [-0.39, 0.29) is 0 Å². The van der Waals surface area contributed by atoms with Crippen molar-refractivity contribution < 1.29 is 0 Å². The first-order chi connectivity index (χ1) is 9.75. The van der Waals surface area contributed by atoms with E-state index in [2.05, 4.69) is 27.5 Å². The average molecular weight is 294 g/mol. The Bertz CT molecular complexity index is 394. The zero-order valence-electron chi connectivity index (χ0n) is 12.8. The van der Waals surface area contributed by atoms with Crippen LogP contribution in [-0.2, 0) is 0 Å². The molecule has 20 heavy (non-hydrogen) atoms. The van der Waals surface area contributed by atoms with Crippen molar-refractivity contribution in [3.8, 4) is 0 Å². The molecule has 2 N–H and O–H groups in total. The monoisotopic (exact) mass is 294 g/mol. The van der Waals surface area contributed by atoms with Gasteiger partial charge in [-0.3, -0.25) is 0 Å². The van der Waals surface area contributed by atoms with Crippen LogP contribution in [0.4, 0.5) is 11.6 Å². The lowest BCUT2D eigenvalue weighted by Crippen LogP contribution is -2.26. The molecule has 0 radical (unpaired) electrons. The van der Waals surface area contributed by atoms with Gasteiger partial charge < -0.3 is 10.6 Å². The van der Waals surface area contributed by atoms with Crippen LogP contribution < -0.4 is 10.6 Å². The standard InChI is InChI=1S/C15H26N4S/c1-4-5-11-6-8-12(9-7-11)17-14-10-13(16-2)18-15(19-14)20-3/h10-12H,4-9H2,1-3H3,(H2,16,17,18,19). The smallest absolute Gasteiger partial charge is 0.191 e. The van der Waals surface area contributed by atoms with Crippen LogP contribution in [0.5, 0.6) is 0 Å². The largest absolute Gasteiger partial charge is 0.373 e. The van der Waals surface area contributed by atoms with Crippen molar-refractivity contribution in [2.75, 3.05) is 23.9 Å². The summed E-state index contributed by atoms with van der Waals surface area (Å²) in [6.45, 7) is 2.29. The van der Waals surface area contributed by atoms with Gasteiger partial charge in [0.15, 0.2) is 5.16 Å². The highest BCUT2D eigenvalue weighted by Crippen LogP contribution is 2.29. The van der Waals surface area contributed by atoms with E-state index >= 15 is 0 Å². The van der Waals surface area contributed by atoms with Crippen LogP contribution in [0.3, 0.4) is 0 Å². The first kappa shape index (κ1) is 15.4. The zero-order chi connectivity index (χ0) is 14.4. The molecule has 1 aliphatic rings. The molecule has 4 nitrogen and oxygen atoms in total. The molecule has 5 heteroatoms. The van der Waals surface area contributed by atoms with Gasteiger partial charge in [0, 0.05) is 19.2 Å². The van der Waals surface area contributed by atoms with E-state index in [1.54, 1.807) is 11.8 Å². The van der Waals surface area contributed by atoms with Crippen LogP contribution in [-0.4, -0.2) is 29.3 Å². The van der Waals surface area contributed by atoms with Gasteiger partial charge in [-0.15, -0.1) is 0 Å². The van der Waals surface area contributed by atoms with E-state index in [4.69, 9.17) is 0 Å². The Morgan fingerprint density at radius 2 is 1.90 bits per heavy atom. The second-order valence-corrected chi connectivity index (χ2v) is 6.30. The maximum Gasteiger partial charge on any atom is 0.191 e. The molecule has 0 aromatic carbocycles. The highest BCUT2D eigenvalue weighted by Gasteiger charge is 2.20. The van der Waals surface area contributed by atoms with Crippen molar-refractivity contribution in [3.05, 3.63) is 6.07 Å². The number of nitrogens with zero attached hydrogens (tertiary/aromatic N) is 2. The Kier molecular flexibility index (Phi) is 5.95. The molecule has 112 valence electrons. The predicted octanol–water partition coefficient (Wildman–Crippen LogP) is 4.01. The lowest BCUT2D eigenvalue weighted by atomic mass is 9.83. The molecule has 1 aliphatic carbocycles. The van der Waals surface area contributed by atoms with Crippen LogP contribution in [0.15, 0.2) is 11.2 Å². The van der Waals surface area contributed by atoms with Crippen LogP contribution in [0.1, 0.15) is 45.4 Å². The van der Waals surface area contributed by atoms with Crippen molar-refractivity contribution >= 4 is 23.4 Å². The van der Waals surface area contributed by atoms with Crippen molar-refractivity contribution in [2.24, 2.45) is 5.92 Å². The highest BCUT2D eigenvalue weighted by atomic mass is 32.2. The van der Waals surface area contributed by atoms with Gasteiger partial charge in [-0.05, 0) is 37.9 Å². The third kappa shape index (κ3) is 4.27. The summed E-state index contributed by atoms with van der Waals surface area (Å²) < 4.78 is 0. The minimum Gasteiger partial charge on any atom is -0.373 e. The molecule has 1 aromatic heterocycles. The average Bonchev–Trinajstić information content (AvgIpc) is 2.49. The molecular formula is C15H26N4S. The van der Waals surface area contributed by atoms with Gasteiger partial charge in [-0.2, -0.15) is 0 Å². The number of thioether (sulfide) groups is 1. The van der Waals surface area contributed by atoms with Crippen LogP contribution in [0, 0.1) is 5.92 Å². The Hall–Kier alpha value is -0.970. The third-order valence-corrected chi connectivity index (χ3v) is 4.59. The fraction of sp³-hybridized carbons (Fsp3) is 0.733. The van der Waals surface area contributed by atoms with Crippen molar-refractivity contribution in [1.82, 2.24) is 9.97 Å². The lowest BCUT2D eigenvalue weighted by Gasteiger charge is -2.29. The molecule has 1 fully saturated rings. The third-order valence-electron chi connectivity index (χ3n) is 4.04. The van der Waals surface area contributed by atoms with E-state index in [0.29, 0.717) is 6.04 Å². The van der Waals surface area contributed by atoms with Crippen molar-refractivity contribution in [3.63, 3.8) is 0 Å². The number of rotatable bonds is 6. The zero-order valence-corrected chi connectivity index (χ0v) is 13.6. The Morgan fingerprint density at radius 3 is 2.50 bits per heavy atom. The molecule has 0 spiro atoms. The number of nitrogens with one attached hydrogen (secondary N) is 2. The van der Waals surface area contributed by atoms with Gasteiger partial charge in [-0.25, -0.2) is 9.97 Å². The fourth-order valence-electron chi connectivity index (χ4n) is 2.93. The first-order valence-corrected chi connectivity index (χ1v) is 8.85. The number of aromatic nitrogens is 2. The van der Waals surface area contributed by atoms with Gasteiger partial charge in [0.1, 0.15) is 11.6 Å². The van der Waals surface area contributed by atoms with Gasteiger partial charge in [0.2, 0.25) is 0 Å². The molecule has 2 rings (SSSR count). The molecular weight excluding hydrogens is 268 g/mol. The molecule has 1 heterocycles. The lowest BCUT2D eigenvalue weighted by molar-refractivity contribution is 0.318. The van der Waals surface area contributed by atoms with E-state index in [9.17, 15) is 0 Å². The molecule has 0 atom stereocenters. The predicted molar refractivity (Wildman–Crippen MR) is 87.6 cm³/mol. The number of hydrogen-bond donors (Lipinski definition) is 2. The highest BCUT2D eigenvalue weighted by molar-refractivity contribution is 7.98. The van der Waals surface area contributed by atoms with Crippen LogP contribution in [0.2, 0.25) is 0 Å². The summed E-state index contributed by atoms with van der Waals surface area (Å²) in [6.07, 6.45) is 9.94. The molecule has 0 bridgehead atoms. The van der Waals surface area contributed by atoms with E-state index in [1.807, 2.05) is 19.4 Å². The second kappa shape index (κ2) is 7.72. The summed E-state index contributed by atoms with van der Waals surface area (Å²) in [5, 5.41) is 7.51. The fourth-order valence-corrected chi connectivity index (χ4v) is 3.31. The molecule has 0 amide bonds. The van der Waals surface area contributed by atoms with Crippen LogP contribution >= 0.6 is 11.8 Å². The Morgan fingerprint density at radius 1 is 1.20 bits per heavy atom. The quantitative estimate of drug-likeness (QED) is 0.613.